The Morgan fingerprint density at radius 3 is 2.60 bits per heavy atom. The van der Waals surface area contributed by atoms with Gasteiger partial charge in [0.15, 0.2) is 6.61 Å². The van der Waals surface area contributed by atoms with E-state index in [-0.39, 0.29) is 13.0 Å². The molecule has 0 aliphatic heterocycles. The molecule has 0 aromatic heterocycles. The number of ether oxygens (including phenoxy) is 1. The Kier molecular flexibility index (Phi) is 6.67. The highest BCUT2D eigenvalue weighted by Gasteiger charge is 2.12. The zero-order valence-corrected chi connectivity index (χ0v) is 15.3. The first kappa shape index (κ1) is 19.1. The van der Waals surface area contributed by atoms with Gasteiger partial charge in [0.2, 0.25) is 0 Å². The molecular weight excluding hydrogens is 365 g/mol. The molecule has 2 aromatic carbocycles. The predicted molar refractivity (Wildman–Crippen MR) is 95.8 cm³/mol. The zero-order valence-electron chi connectivity index (χ0n) is 13.8. The van der Waals surface area contributed by atoms with E-state index in [1.807, 2.05) is 26.0 Å². The summed E-state index contributed by atoms with van der Waals surface area (Å²) in [5.41, 5.74) is 4.65. The molecule has 132 valence electrons. The average Bonchev–Trinajstić information content (AvgIpc) is 2.57. The summed E-state index contributed by atoms with van der Waals surface area (Å²) in [7, 11) is 0. The first-order valence-corrected chi connectivity index (χ1v) is 8.24. The predicted octanol–water partition coefficient (Wildman–Crippen LogP) is 3.81. The topological polar surface area (TPSA) is 64.6 Å². The number of hydrogen-bond acceptors (Lipinski definition) is 4. The Morgan fingerprint density at radius 2 is 1.88 bits per heavy atom. The van der Waals surface area contributed by atoms with Gasteiger partial charge < -0.3 is 9.57 Å². The monoisotopic (exact) mass is 381 g/mol. The normalized spacial score (nSPS) is 10.2. The molecule has 0 aliphatic rings. The van der Waals surface area contributed by atoms with Crippen molar-refractivity contribution < 1.29 is 19.2 Å². The highest BCUT2D eigenvalue weighted by atomic mass is 35.5. The van der Waals surface area contributed by atoms with Crippen LogP contribution in [0.15, 0.2) is 36.4 Å². The minimum absolute atomic E-state index is 0.0405. The summed E-state index contributed by atoms with van der Waals surface area (Å²) in [6, 6.07) is 10.3. The molecule has 0 saturated carbocycles. The van der Waals surface area contributed by atoms with Gasteiger partial charge in [-0.1, -0.05) is 41.4 Å². The van der Waals surface area contributed by atoms with Crippen LogP contribution in [0.4, 0.5) is 0 Å². The zero-order chi connectivity index (χ0) is 18.4. The molecule has 0 bridgehead atoms. The highest BCUT2D eigenvalue weighted by Crippen LogP contribution is 2.21. The van der Waals surface area contributed by atoms with E-state index in [1.165, 1.54) is 6.07 Å². The summed E-state index contributed by atoms with van der Waals surface area (Å²) in [5.74, 6) is -0.628. The van der Waals surface area contributed by atoms with Crippen molar-refractivity contribution in [1.29, 1.82) is 0 Å². The Balaban J connectivity index is 1.79. The van der Waals surface area contributed by atoms with Crippen LogP contribution >= 0.6 is 23.2 Å². The van der Waals surface area contributed by atoms with Crippen LogP contribution in [0.3, 0.4) is 0 Å². The lowest BCUT2D eigenvalue weighted by Gasteiger charge is -2.11. The van der Waals surface area contributed by atoms with Crippen LogP contribution in [-0.4, -0.2) is 18.5 Å². The summed E-state index contributed by atoms with van der Waals surface area (Å²) in [6.45, 7) is 3.53. The average molecular weight is 382 g/mol. The summed E-state index contributed by atoms with van der Waals surface area (Å²) in [6.07, 6.45) is -0.0405. The number of carbonyl (C=O) groups excluding carboxylic acids is 2. The number of amides is 1. The van der Waals surface area contributed by atoms with Crippen LogP contribution in [0.5, 0.6) is 5.75 Å². The lowest BCUT2D eigenvalue weighted by Crippen LogP contribution is -2.30. The number of rotatable bonds is 5. The van der Waals surface area contributed by atoms with Crippen molar-refractivity contribution >= 4 is 35.1 Å². The number of halogens is 2. The molecule has 0 heterocycles. The van der Waals surface area contributed by atoms with Crippen LogP contribution in [-0.2, 0) is 20.8 Å². The second kappa shape index (κ2) is 8.74. The van der Waals surface area contributed by atoms with E-state index in [1.54, 1.807) is 18.2 Å². The second-order valence-corrected chi connectivity index (χ2v) is 6.24. The van der Waals surface area contributed by atoms with Gasteiger partial charge in [-0.2, -0.15) is 5.48 Å². The number of aryl methyl sites for hydroxylation is 1. The Labute approximate surface area is 155 Å². The van der Waals surface area contributed by atoms with Gasteiger partial charge in [0.25, 0.3) is 5.91 Å². The molecule has 0 saturated heterocycles. The fourth-order valence-corrected chi connectivity index (χ4v) is 2.51. The molecule has 0 atom stereocenters. The molecule has 0 unspecified atom stereocenters. The smallest absolute Gasteiger partial charge is 0.369 e. The van der Waals surface area contributed by atoms with Crippen molar-refractivity contribution in [1.82, 2.24) is 5.48 Å². The molecule has 0 radical (unpaired) electrons. The van der Waals surface area contributed by atoms with Crippen molar-refractivity contribution in [3.8, 4) is 5.75 Å². The molecule has 2 rings (SSSR count). The summed E-state index contributed by atoms with van der Waals surface area (Å²) in [5, 5.41) is 0.844. The van der Waals surface area contributed by atoms with Gasteiger partial charge in [0.1, 0.15) is 5.75 Å². The van der Waals surface area contributed by atoms with E-state index in [4.69, 9.17) is 32.8 Å². The van der Waals surface area contributed by atoms with E-state index < -0.39 is 11.9 Å². The van der Waals surface area contributed by atoms with Gasteiger partial charge in [0.05, 0.1) is 6.42 Å². The SMILES string of the molecule is Cc1cccc(OCC(=O)ONC(=O)Cc2ccc(Cl)cc2Cl)c1C. The number of benzene rings is 2. The van der Waals surface area contributed by atoms with E-state index in [0.717, 1.165) is 11.1 Å². The van der Waals surface area contributed by atoms with Gasteiger partial charge in [-0.15, -0.1) is 0 Å². The molecule has 1 amide bonds. The molecule has 25 heavy (non-hydrogen) atoms. The maximum absolute atomic E-state index is 11.8. The fraction of sp³-hybridized carbons (Fsp3) is 0.222. The number of hydrogen-bond donors (Lipinski definition) is 1. The van der Waals surface area contributed by atoms with Gasteiger partial charge >= 0.3 is 5.97 Å². The van der Waals surface area contributed by atoms with Crippen molar-refractivity contribution in [2.45, 2.75) is 20.3 Å². The standard InChI is InChI=1S/C18H17Cl2NO4/c1-11-4-3-5-16(12(11)2)24-10-18(23)25-21-17(22)8-13-6-7-14(19)9-15(13)20/h3-7,9H,8,10H2,1-2H3,(H,21,22). The van der Waals surface area contributed by atoms with Crippen LogP contribution in [0.25, 0.3) is 0 Å². The summed E-state index contributed by atoms with van der Waals surface area (Å²) in [4.78, 5) is 28.2. The third-order valence-electron chi connectivity index (χ3n) is 3.55. The highest BCUT2D eigenvalue weighted by molar-refractivity contribution is 6.35. The van der Waals surface area contributed by atoms with Gasteiger partial charge in [-0.05, 0) is 48.7 Å². The molecule has 1 N–H and O–H groups in total. The van der Waals surface area contributed by atoms with Crippen molar-refractivity contribution in [2.24, 2.45) is 0 Å². The first-order valence-electron chi connectivity index (χ1n) is 7.48. The maximum Gasteiger partial charge on any atom is 0.369 e. The summed E-state index contributed by atoms with van der Waals surface area (Å²) < 4.78 is 5.40. The van der Waals surface area contributed by atoms with E-state index in [0.29, 0.717) is 21.4 Å². The lowest BCUT2D eigenvalue weighted by molar-refractivity contribution is -0.159. The number of hydroxylamine groups is 1. The van der Waals surface area contributed by atoms with E-state index >= 15 is 0 Å². The van der Waals surface area contributed by atoms with Crippen molar-refractivity contribution in [3.05, 3.63) is 63.1 Å². The largest absolute Gasteiger partial charge is 0.482 e. The van der Waals surface area contributed by atoms with Crippen molar-refractivity contribution in [3.63, 3.8) is 0 Å². The number of carbonyl (C=O) groups is 2. The van der Waals surface area contributed by atoms with Gasteiger partial charge in [0, 0.05) is 10.0 Å². The van der Waals surface area contributed by atoms with Gasteiger partial charge in [-0.25, -0.2) is 4.79 Å². The fourth-order valence-electron chi connectivity index (χ4n) is 2.03. The van der Waals surface area contributed by atoms with Crippen LogP contribution < -0.4 is 10.2 Å². The quantitative estimate of drug-likeness (QED) is 0.799. The third-order valence-corrected chi connectivity index (χ3v) is 4.13. The molecule has 0 fully saturated rings. The second-order valence-electron chi connectivity index (χ2n) is 5.40. The van der Waals surface area contributed by atoms with Crippen LogP contribution in [0.2, 0.25) is 10.0 Å². The van der Waals surface area contributed by atoms with Crippen LogP contribution in [0.1, 0.15) is 16.7 Å². The lowest BCUT2D eigenvalue weighted by atomic mass is 10.1. The van der Waals surface area contributed by atoms with E-state index in [9.17, 15) is 9.59 Å². The summed E-state index contributed by atoms with van der Waals surface area (Å²) >= 11 is 11.8. The molecule has 7 heteroatoms. The number of nitrogens with one attached hydrogen (secondary N) is 1. The molecule has 0 aliphatic carbocycles. The van der Waals surface area contributed by atoms with Crippen LogP contribution in [0, 0.1) is 13.8 Å². The molecule has 5 nitrogen and oxygen atoms in total. The van der Waals surface area contributed by atoms with Gasteiger partial charge in [-0.3, -0.25) is 4.79 Å². The maximum atomic E-state index is 11.8. The Morgan fingerprint density at radius 1 is 1.12 bits per heavy atom. The van der Waals surface area contributed by atoms with Crippen molar-refractivity contribution in [2.75, 3.05) is 6.61 Å². The minimum atomic E-state index is -0.712. The van der Waals surface area contributed by atoms with E-state index in [2.05, 4.69) is 5.48 Å². The molecular formula is C18H17Cl2NO4. The Hall–Kier alpha value is -2.24. The first-order chi connectivity index (χ1) is 11.9. The minimum Gasteiger partial charge on any atom is -0.482 e. The molecule has 0 spiro atoms. The molecule has 2 aromatic rings. The Bertz CT molecular complexity index is 793. The third kappa shape index (κ3) is 5.66.